The summed E-state index contributed by atoms with van der Waals surface area (Å²) in [6, 6.07) is 12.1. The van der Waals surface area contributed by atoms with E-state index in [-0.39, 0.29) is 18.2 Å². The SMILES string of the molecule is O=C(Nc1ccc2c(c1)OCCO2)[C@@H]1CCCN(S(=O)(=O)Cc2cccc(Cl)c2)C1. The third-order valence-corrected chi connectivity index (χ3v) is 7.25. The molecule has 2 heterocycles. The van der Waals surface area contributed by atoms with E-state index >= 15 is 0 Å². The summed E-state index contributed by atoms with van der Waals surface area (Å²) in [7, 11) is -3.55. The fraction of sp³-hybridized carbons (Fsp3) is 0.381. The Kier molecular flexibility index (Phi) is 6.17. The molecule has 2 aromatic carbocycles. The topological polar surface area (TPSA) is 84.9 Å². The minimum atomic E-state index is -3.55. The van der Waals surface area contributed by atoms with Crippen LogP contribution in [0.2, 0.25) is 5.02 Å². The zero-order valence-electron chi connectivity index (χ0n) is 16.3. The molecule has 1 atom stereocenters. The van der Waals surface area contributed by atoms with E-state index in [9.17, 15) is 13.2 Å². The second-order valence-electron chi connectivity index (χ2n) is 7.43. The van der Waals surface area contributed by atoms with Gasteiger partial charge in [-0.1, -0.05) is 23.7 Å². The number of hydrogen-bond donors (Lipinski definition) is 1. The van der Waals surface area contributed by atoms with Crippen molar-refractivity contribution in [3.8, 4) is 11.5 Å². The van der Waals surface area contributed by atoms with E-state index in [1.165, 1.54) is 4.31 Å². The summed E-state index contributed by atoms with van der Waals surface area (Å²) >= 11 is 5.97. The highest BCUT2D eigenvalue weighted by molar-refractivity contribution is 7.88. The summed E-state index contributed by atoms with van der Waals surface area (Å²) < 4.78 is 38.2. The van der Waals surface area contributed by atoms with Gasteiger partial charge in [-0.3, -0.25) is 4.79 Å². The fourth-order valence-corrected chi connectivity index (χ4v) is 5.51. The van der Waals surface area contributed by atoms with Crippen LogP contribution < -0.4 is 14.8 Å². The van der Waals surface area contributed by atoms with Gasteiger partial charge in [-0.2, -0.15) is 0 Å². The molecule has 7 nitrogen and oxygen atoms in total. The number of nitrogens with zero attached hydrogens (tertiary/aromatic N) is 1. The van der Waals surface area contributed by atoms with Crippen molar-refractivity contribution in [2.24, 2.45) is 5.92 Å². The molecular formula is C21H23ClN2O5S. The van der Waals surface area contributed by atoms with Gasteiger partial charge in [0.15, 0.2) is 11.5 Å². The van der Waals surface area contributed by atoms with Crippen molar-refractivity contribution in [3.05, 3.63) is 53.1 Å². The largest absolute Gasteiger partial charge is 0.486 e. The lowest BCUT2D eigenvalue weighted by Crippen LogP contribution is -2.44. The molecule has 0 aromatic heterocycles. The highest BCUT2D eigenvalue weighted by Crippen LogP contribution is 2.33. The number of rotatable bonds is 5. The summed E-state index contributed by atoms with van der Waals surface area (Å²) in [5.41, 5.74) is 1.23. The highest BCUT2D eigenvalue weighted by atomic mass is 35.5. The molecule has 2 aliphatic rings. The number of piperidine rings is 1. The average molecular weight is 451 g/mol. The van der Waals surface area contributed by atoms with Crippen molar-refractivity contribution in [2.75, 3.05) is 31.6 Å². The molecule has 0 spiro atoms. The van der Waals surface area contributed by atoms with E-state index in [2.05, 4.69) is 5.32 Å². The average Bonchev–Trinajstić information content (AvgIpc) is 2.73. The Bertz CT molecular complexity index is 1040. The summed E-state index contributed by atoms with van der Waals surface area (Å²) in [4.78, 5) is 12.8. The Morgan fingerprint density at radius 2 is 1.93 bits per heavy atom. The number of benzene rings is 2. The van der Waals surface area contributed by atoms with Crippen LogP contribution in [0.15, 0.2) is 42.5 Å². The van der Waals surface area contributed by atoms with Crippen LogP contribution in [-0.4, -0.2) is 44.9 Å². The van der Waals surface area contributed by atoms with Gasteiger partial charge in [-0.25, -0.2) is 12.7 Å². The van der Waals surface area contributed by atoms with Crippen LogP contribution in [0.5, 0.6) is 11.5 Å². The number of nitrogens with one attached hydrogen (secondary N) is 1. The lowest BCUT2D eigenvalue weighted by Gasteiger charge is -2.31. The molecule has 1 fully saturated rings. The van der Waals surface area contributed by atoms with Crippen LogP contribution in [0.1, 0.15) is 18.4 Å². The molecule has 1 N–H and O–H groups in total. The van der Waals surface area contributed by atoms with Gasteiger partial charge >= 0.3 is 0 Å². The Hall–Kier alpha value is -2.29. The molecule has 0 unspecified atom stereocenters. The summed E-state index contributed by atoms with van der Waals surface area (Å²) in [6.45, 7) is 1.54. The van der Waals surface area contributed by atoms with Crippen LogP contribution in [0.3, 0.4) is 0 Å². The molecule has 160 valence electrons. The Labute approximate surface area is 181 Å². The second-order valence-corrected chi connectivity index (χ2v) is 9.84. The van der Waals surface area contributed by atoms with E-state index in [4.69, 9.17) is 21.1 Å². The summed E-state index contributed by atoms with van der Waals surface area (Å²) in [5, 5.41) is 3.38. The van der Waals surface area contributed by atoms with Crippen LogP contribution in [-0.2, 0) is 20.6 Å². The maximum Gasteiger partial charge on any atom is 0.228 e. The highest BCUT2D eigenvalue weighted by Gasteiger charge is 2.32. The number of anilines is 1. The third kappa shape index (κ3) is 4.88. The molecule has 0 aliphatic carbocycles. The van der Waals surface area contributed by atoms with Gasteiger partial charge in [-0.05, 0) is 42.7 Å². The number of carbonyl (C=O) groups excluding carboxylic acids is 1. The second kappa shape index (κ2) is 8.83. The van der Waals surface area contributed by atoms with E-state index in [0.29, 0.717) is 60.4 Å². The predicted octanol–water partition coefficient (Wildman–Crippen LogP) is 3.29. The molecule has 30 heavy (non-hydrogen) atoms. The predicted molar refractivity (Wildman–Crippen MR) is 114 cm³/mol. The van der Waals surface area contributed by atoms with Crippen LogP contribution in [0.25, 0.3) is 0 Å². The van der Waals surface area contributed by atoms with Gasteiger partial charge in [0.1, 0.15) is 13.2 Å². The number of sulfonamides is 1. The number of fused-ring (bicyclic) bond motifs is 1. The van der Waals surface area contributed by atoms with E-state index in [1.807, 2.05) is 0 Å². The number of hydrogen-bond acceptors (Lipinski definition) is 5. The monoisotopic (exact) mass is 450 g/mol. The normalized spacial score (nSPS) is 19.3. The zero-order chi connectivity index (χ0) is 21.1. The first kappa shape index (κ1) is 21.0. The van der Waals surface area contributed by atoms with Gasteiger partial charge < -0.3 is 14.8 Å². The molecular weight excluding hydrogens is 428 g/mol. The first-order valence-corrected chi connectivity index (χ1v) is 11.8. The number of carbonyl (C=O) groups is 1. The summed E-state index contributed by atoms with van der Waals surface area (Å²) in [6.07, 6.45) is 1.27. The Morgan fingerprint density at radius 3 is 2.73 bits per heavy atom. The number of halogens is 1. The number of amides is 1. The fourth-order valence-electron chi connectivity index (χ4n) is 3.70. The lowest BCUT2D eigenvalue weighted by atomic mass is 9.98. The van der Waals surface area contributed by atoms with Crippen molar-refractivity contribution >= 4 is 33.2 Å². The molecule has 0 bridgehead atoms. The third-order valence-electron chi connectivity index (χ3n) is 5.20. The summed E-state index contributed by atoms with van der Waals surface area (Å²) in [5.74, 6) is 0.489. The van der Waals surface area contributed by atoms with Crippen molar-refractivity contribution in [1.29, 1.82) is 0 Å². The first-order valence-electron chi connectivity index (χ1n) is 9.83. The van der Waals surface area contributed by atoms with Crippen LogP contribution in [0, 0.1) is 5.92 Å². The molecule has 9 heteroatoms. The van der Waals surface area contributed by atoms with Crippen LogP contribution in [0.4, 0.5) is 5.69 Å². The number of ether oxygens (including phenoxy) is 2. The molecule has 2 aliphatic heterocycles. The minimum absolute atomic E-state index is 0.135. The molecule has 2 aromatic rings. The molecule has 4 rings (SSSR count). The van der Waals surface area contributed by atoms with Crippen molar-refractivity contribution in [2.45, 2.75) is 18.6 Å². The van der Waals surface area contributed by atoms with Crippen molar-refractivity contribution in [3.63, 3.8) is 0 Å². The van der Waals surface area contributed by atoms with Gasteiger partial charge in [-0.15, -0.1) is 0 Å². The molecule has 1 amide bonds. The van der Waals surface area contributed by atoms with Gasteiger partial charge in [0, 0.05) is 29.9 Å². The lowest BCUT2D eigenvalue weighted by molar-refractivity contribution is -0.120. The Balaban J connectivity index is 1.41. The van der Waals surface area contributed by atoms with E-state index < -0.39 is 15.9 Å². The first-order chi connectivity index (χ1) is 14.4. The van der Waals surface area contributed by atoms with Crippen LogP contribution >= 0.6 is 11.6 Å². The Morgan fingerprint density at radius 1 is 1.13 bits per heavy atom. The minimum Gasteiger partial charge on any atom is -0.486 e. The quantitative estimate of drug-likeness (QED) is 0.755. The van der Waals surface area contributed by atoms with Gasteiger partial charge in [0.05, 0.1) is 11.7 Å². The molecule has 1 saturated heterocycles. The smallest absolute Gasteiger partial charge is 0.228 e. The van der Waals surface area contributed by atoms with Gasteiger partial charge in [0.2, 0.25) is 15.9 Å². The maximum absolute atomic E-state index is 12.9. The molecule has 0 saturated carbocycles. The van der Waals surface area contributed by atoms with Crippen molar-refractivity contribution in [1.82, 2.24) is 4.31 Å². The molecule has 0 radical (unpaired) electrons. The zero-order valence-corrected chi connectivity index (χ0v) is 17.9. The van der Waals surface area contributed by atoms with E-state index in [1.54, 1.807) is 42.5 Å². The van der Waals surface area contributed by atoms with E-state index in [0.717, 1.165) is 0 Å². The standard InChI is InChI=1S/C21H23ClN2O5S/c22-17-5-1-3-15(11-17)14-30(26,27)24-8-2-4-16(13-24)21(25)23-18-6-7-19-20(12-18)29-10-9-28-19/h1,3,5-7,11-12,16H,2,4,8-10,13-14H2,(H,23,25)/t16-/m1/s1. The van der Waals surface area contributed by atoms with Gasteiger partial charge in [0.25, 0.3) is 0 Å². The maximum atomic E-state index is 12.9. The van der Waals surface area contributed by atoms with Crippen molar-refractivity contribution < 1.29 is 22.7 Å².